The van der Waals surface area contributed by atoms with Crippen LogP contribution < -0.4 is 24.5 Å². The summed E-state index contributed by atoms with van der Waals surface area (Å²) in [4.78, 5) is 13.6. The van der Waals surface area contributed by atoms with Gasteiger partial charge in [-0.2, -0.15) is 0 Å². The standard InChI is InChI=1S/C16H17ClN2O6S/c1-23-13-7-8-14(24-2)15(9-13)26(21,22)19-18-16(20)10-25-12-5-3-11(17)4-6-12/h3-9,19H,10H2,1-2H3,(H,18,20). The van der Waals surface area contributed by atoms with Crippen molar-refractivity contribution in [3.63, 3.8) is 0 Å². The molecule has 0 atom stereocenters. The van der Waals surface area contributed by atoms with Crippen LogP contribution in [0.3, 0.4) is 0 Å². The lowest BCUT2D eigenvalue weighted by atomic mass is 10.3. The van der Waals surface area contributed by atoms with E-state index in [9.17, 15) is 13.2 Å². The van der Waals surface area contributed by atoms with Crippen LogP contribution in [0.5, 0.6) is 17.2 Å². The smallest absolute Gasteiger partial charge is 0.272 e. The highest BCUT2D eigenvalue weighted by atomic mass is 35.5. The number of halogens is 1. The van der Waals surface area contributed by atoms with Gasteiger partial charge in [0, 0.05) is 11.1 Å². The Bertz CT molecular complexity index is 871. The summed E-state index contributed by atoms with van der Waals surface area (Å²) in [6, 6.07) is 10.6. The molecular weight excluding hydrogens is 384 g/mol. The maximum atomic E-state index is 12.4. The number of hydrazine groups is 1. The number of carbonyl (C=O) groups excluding carboxylic acids is 1. The van der Waals surface area contributed by atoms with Crippen LogP contribution in [0.2, 0.25) is 5.02 Å². The first kappa shape index (κ1) is 19.8. The van der Waals surface area contributed by atoms with Gasteiger partial charge >= 0.3 is 0 Å². The molecule has 2 N–H and O–H groups in total. The second-order valence-electron chi connectivity index (χ2n) is 4.91. The number of methoxy groups -OCH3 is 2. The van der Waals surface area contributed by atoms with Crippen molar-refractivity contribution < 1.29 is 27.4 Å². The number of carbonyl (C=O) groups is 1. The van der Waals surface area contributed by atoms with Crippen LogP contribution in [0, 0.1) is 0 Å². The highest BCUT2D eigenvalue weighted by Crippen LogP contribution is 2.27. The zero-order chi connectivity index (χ0) is 19.2. The molecule has 2 aromatic carbocycles. The van der Waals surface area contributed by atoms with Crippen LogP contribution >= 0.6 is 11.6 Å². The predicted octanol–water partition coefficient (Wildman–Crippen LogP) is 1.75. The summed E-state index contributed by atoms with van der Waals surface area (Å²) in [5.74, 6) is 0.154. The fourth-order valence-electron chi connectivity index (χ4n) is 1.89. The molecule has 0 radical (unpaired) electrons. The third-order valence-electron chi connectivity index (χ3n) is 3.17. The minimum absolute atomic E-state index is 0.102. The number of sulfonamides is 1. The fraction of sp³-hybridized carbons (Fsp3) is 0.188. The van der Waals surface area contributed by atoms with E-state index in [-0.39, 0.29) is 17.3 Å². The number of hydrogen-bond acceptors (Lipinski definition) is 6. The highest BCUT2D eigenvalue weighted by molar-refractivity contribution is 7.89. The zero-order valence-electron chi connectivity index (χ0n) is 14.0. The van der Waals surface area contributed by atoms with Gasteiger partial charge in [0.25, 0.3) is 15.9 Å². The van der Waals surface area contributed by atoms with Crippen molar-refractivity contribution in [1.29, 1.82) is 0 Å². The highest BCUT2D eigenvalue weighted by Gasteiger charge is 2.21. The first-order valence-electron chi connectivity index (χ1n) is 7.27. The Morgan fingerprint density at radius 3 is 2.31 bits per heavy atom. The van der Waals surface area contributed by atoms with Gasteiger partial charge in [-0.05, 0) is 36.4 Å². The molecule has 2 rings (SSSR count). The maximum absolute atomic E-state index is 12.4. The molecule has 0 heterocycles. The molecule has 0 aliphatic rings. The van der Waals surface area contributed by atoms with E-state index in [4.69, 9.17) is 25.8 Å². The molecule has 0 saturated carbocycles. The second-order valence-corrected chi connectivity index (χ2v) is 7.00. The van der Waals surface area contributed by atoms with Crippen LogP contribution in [0.4, 0.5) is 0 Å². The Morgan fingerprint density at radius 1 is 1.04 bits per heavy atom. The van der Waals surface area contributed by atoms with Crippen LogP contribution in [0.15, 0.2) is 47.4 Å². The van der Waals surface area contributed by atoms with Gasteiger partial charge in [0.05, 0.1) is 14.2 Å². The lowest BCUT2D eigenvalue weighted by molar-refractivity contribution is -0.123. The van der Waals surface area contributed by atoms with E-state index < -0.39 is 15.9 Å². The zero-order valence-corrected chi connectivity index (χ0v) is 15.6. The minimum atomic E-state index is -4.08. The Kier molecular flexibility index (Phi) is 6.67. The molecule has 0 saturated heterocycles. The third kappa shape index (κ3) is 5.25. The van der Waals surface area contributed by atoms with Gasteiger partial charge in [0.2, 0.25) is 0 Å². The summed E-state index contributed by atoms with van der Waals surface area (Å²) in [5.41, 5.74) is 2.07. The molecule has 0 unspecified atom stereocenters. The molecule has 0 aliphatic carbocycles. The van der Waals surface area contributed by atoms with E-state index >= 15 is 0 Å². The van der Waals surface area contributed by atoms with E-state index in [0.29, 0.717) is 16.5 Å². The molecular formula is C16H17ClN2O6S. The maximum Gasteiger partial charge on any atom is 0.272 e. The van der Waals surface area contributed by atoms with E-state index in [1.54, 1.807) is 30.3 Å². The molecule has 0 aromatic heterocycles. The molecule has 140 valence electrons. The normalized spacial score (nSPS) is 10.9. The Hall–Kier alpha value is -2.49. The Balaban J connectivity index is 1.99. The van der Waals surface area contributed by atoms with Crippen LogP contribution in [0.1, 0.15) is 0 Å². The monoisotopic (exact) mass is 400 g/mol. The van der Waals surface area contributed by atoms with Crippen molar-refractivity contribution in [1.82, 2.24) is 10.3 Å². The number of amides is 1. The summed E-state index contributed by atoms with van der Waals surface area (Å²) in [6.07, 6.45) is 0. The van der Waals surface area contributed by atoms with Gasteiger partial charge in [-0.1, -0.05) is 11.6 Å². The van der Waals surface area contributed by atoms with Crippen LogP contribution in [-0.2, 0) is 14.8 Å². The molecule has 0 bridgehead atoms. The topological polar surface area (TPSA) is 103 Å². The molecule has 0 spiro atoms. The molecule has 8 nitrogen and oxygen atoms in total. The van der Waals surface area contributed by atoms with Gasteiger partial charge < -0.3 is 14.2 Å². The van der Waals surface area contributed by atoms with Crippen molar-refractivity contribution in [2.45, 2.75) is 4.90 Å². The first-order valence-corrected chi connectivity index (χ1v) is 9.13. The van der Waals surface area contributed by atoms with Crippen molar-refractivity contribution in [2.75, 3.05) is 20.8 Å². The Morgan fingerprint density at radius 2 is 1.69 bits per heavy atom. The number of nitrogens with one attached hydrogen (secondary N) is 2. The third-order valence-corrected chi connectivity index (χ3v) is 4.69. The number of hydrogen-bond donors (Lipinski definition) is 2. The second kappa shape index (κ2) is 8.75. The van der Waals surface area contributed by atoms with Gasteiger partial charge in [-0.25, -0.2) is 8.42 Å². The first-order chi connectivity index (χ1) is 12.4. The summed E-state index contributed by atoms with van der Waals surface area (Å²) in [5, 5.41) is 0.529. The molecule has 0 fully saturated rings. The predicted molar refractivity (Wildman–Crippen MR) is 95.0 cm³/mol. The van der Waals surface area contributed by atoms with E-state index in [2.05, 4.69) is 5.43 Å². The van der Waals surface area contributed by atoms with Crippen LogP contribution in [0.25, 0.3) is 0 Å². The summed E-state index contributed by atoms with van der Waals surface area (Å²) in [6.45, 7) is -0.389. The largest absolute Gasteiger partial charge is 0.497 e. The lowest BCUT2D eigenvalue weighted by Gasteiger charge is -2.13. The van der Waals surface area contributed by atoms with E-state index in [1.165, 1.54) is 26.4 Å². The summed E-state index contributed by atoms with van der Waals surface area (Å²) >= 11 is 5.75. The molecule has 10 heteroatoms. The van der Waals surface area contributed by atoms with Crippen molar-refractivity contribution in [3.05, 3.63) is 47.5 Å². The summed E-state index contributed by atoms with van der Waals surface area (Å²) in [7, 11) is -1.34. The van der Waals surface area contributed by atoms with Crippen LogP contribution in [-0.4, -0.2) is 35.2 Å². The summed E-state index contributed by atoms with van der Waals surface area (Å²) < 4.78 is 40.0. The molecule has 0 aliphatic heterocycles. The lowest BCUT2D eigenvalue weighted by Crippen LogP contribution is -2.43. The van der Waals surface area contributed by atoms with E-state index in [0.717, 1.165) is 0 Å². The average Bonchev–Trinajstić information content (AvgIpc) is 2.65. The van der Waals surface area contributed by atoms with Gasteiger partial charge in [-0.15, -0.1) is 4.83 Å². The number of benzene rings is 2. The Labute approximate surface area is 156 Å². The molecule has 1 amide bonds. The number of ether oxygens (including phenoxy) is 3. The quantitative estimate of drug-likeness (QED) is 0.654. The van der Waals surface area contributed by atoms with Crippen molar-refractivity contribution >= 4 is 27.5 Å². The van der Waals surface area contributed by atoms with Gasteiger partial charge in [0.1, 0.15) is 22.1 Å². The number of rotatable bonds is 8. The van der Waals surface area contributed by atoms with Crippen molar-refractivity contribution in [3.8, 4) is 17.2 Å². The fourth-order valence-corrected chi connectivity index (χ4v) is 3.06. The van der Waals surface area contributed by atoms with Crippen molar-refractivity contribution in [2.24, 2.45) is 0 Å². The SMILES string of the molecule is COc1ccc(OC)c(S(=O)(=O)NNC(=O)COc2ccc(Cl)cc2)c1. The molecule has 26 heavy (non-hydrogen) atoms. The van der Waals surface area contributed by atoms with Gasteiger partial charge in [-0.3, -0.25) is 10.2 Å². The molecule has 2 aromatic rings. The van der Waals surface area contributed by atoms with Gasteiger partial charge in [0.15, 0.2) is 6.61 Å². The average molecular weight is 401 g/mol. The minimum Gasteiger partial charge on any atom is -0.497 e. The van der Waals surface area contributed by atoms with E-state index in [1.807, 2.05) is 4.83 Å².